The first-order valence-corrected chi connectivity index (χ1v) is 6.12. The molecule has 1 fully saturated rings. The molecular formula is C14H16N2O2. The Kier molecular flexibility index (Phi) is 2.17. The summed E-state index contributed by atoms with van der Waals surface area (Å²) in [6.07, 6.45) is 0. The van der Waals surface area contributed by atoms with Crippen molar-refractivity contribution in [1.82, 2.24) is 0 Å². The Bertz CT molecular complexity index is 584. The number of aromatic hydroxyl groups is 2. The Balaban J connectivity index is 2.18. The van der Waals surface area contributed by atoms with Gasteiger partial charge >= 0.3 is 0 Å². The average Bonchev–Trinajstić information content (AvgIpc) is 3.07. The van der Waals surface area contributed by atoms with Gasteiger partial charge in [-0.3, -0.25) is 0 Å². The minimum Gasteiger partial charge on any atom is -0.506 e. The number of fused-ring (bicyclic) bond motifs is 1. The van der Waals surface area contributed by atoms with Crippen LogP contribution in [0.3, 0.4) is 0 Å². The molecule has 1 saturated heterocycles. The first-order valence-electron chi connectivity index (χ1n) is 6.12. The van der Waals surface area contributed by atoms with Crippen LogP contribution in [0.15, 0.2) is 17.6 Å². The summed E-state index contributed by atoms with van der Waals surface area (Å²) in [5.74, 6) is 0.514. The van der Waals surface area contributed by atoms with Crippen LogP contribution in [0.5, 0.6) is 11.5 Å². The summed E-state index contributed by atoms with van der Waals surface area (Å²) in [6, 6.07) is 1.58. The van der Waals surface area contributed by atoms with Gasteiger partial charge in [0.25, 0.3) is 0 Å². The standard InChI is InChI=1S/C14H16N2O2/c1-7(2)12-8(3)11-13(15-12)10(17)6-9(14(11)18)16-4-5-16/h6-7,17-18H,3-5H2,1-2H3. The SMILES string of the molecule is C=C1C(C(C)C)=Nc2c(O)cc(N3CC3)c(O)c21. The third-order valence-electron chi connectivity index (χ3n) is 3.41. The molecule has 0 spiro atoms. The molecule has 4 heteroatoms. The molecule has 0 bridgehead atoms. The molecule has 0 aliphatic carbocycles. The van der Waals surface area contributed by atoms with Gasteiger partial charge in [0, 0.05) is 24.7 Å². The highest BCUT2D eigenvalue weighted by Crippen LogP contribution is 2.51. The summed E-state index contributed by atoms with van der Waals surface area (Å²) in [7, 11) is 0. The van der Waals surface area contributed by atoms with Crippen LogP contribution < -0.4 is 4.90 Å². The van der Waals surface area contributed by atoms with Crippen molar-refractivity contribution in [2.45, 2.75) is 13.8 Å². The van der Waals surface area contributed by atoms with Crippen molar-refractivity contribution < 1.29 is 10.2 Å². The Morgan fingerprint density at radius 2 is 2.00 bits per heavy atom. The lowest BCUT2D eigenvalue weighted by Crippen LogP contribution is -2.05. The van der Waals surface area contributed by atoms with Crippen molar-refractivity contribution in [3.8, 4) is 11.5 Å². The first kappa shape index (κ1) is 11.1. The Morgan fingerprint density at radius 3 is 2.56 bits per heavy atom. The van der Waals surface area contributed by atoms with Crippen LogP contribution in [0, 0.1) is 5.92 Å². The summed E-state index contributed by atoms with van der Waals surface area (Å²) < 4.78 is 0. The van der Waals surface area contributed by atoms with Gasteiger partial charge in [0.15, 0.2) is 0 Å². The molecule has 0 radical (unpaired) electrons. The minimum atomic E-state index is 0.113. The normalized spacial score (nSPS) is 17.2. The molecule has 0 atom stereocenters. The van der Waals surface area contributed by atoms with Gasteiger partial charge in [-0.05, 0) is 5.92 Å². The van der Waals surface area contributed by atoms with Crippen LogP contribution >= 0.6 is 0 Å². The van der Waals surface area contributed by atoms with Crippen molar-refractivity contribution in [2.75, 3.05) is 18.0 Å². The van der Waals surface area contributed by atoms with Gasteiger partial charge < -0.3 is 15.1 Å². The third-order valence-corrected chi connectivity index (χ3v) is 3.41. The van der Waals surface area contributed by atoms with Crippen molar-refractivity contribution in [1.29, 1.82) is 0 Å². The smallest absolute Gasteiger partial charge is 0.149 e. The van der Waals surface area contributed by atoms with E-state index in [4.69, 9.17) is 0 Å². The van der Waals surface area contributed by atoms with Crippen molar-refractivity contribution >= 4 is 22.7 Å². The van der Waals surface area contributed by atoms with E-state index in [0.29, 0.717) is 16.9 Å². The molecule has 0 unspecified atom stereocenters. The molecule has 1 aromatic rings. The van der Waals surface area contributed by atoms with Crippen LogP contribution in [0.1, 0.15) is 19.4 Å². The molecule has 18 heavy (non-hydrogen) atoms. The van der Waals surface area contributed by atoms with Gasteiger partial charge in [0.2, 0.25) is 0 Å². The zero-order valence-corrected chi connectivity index (χ0v) is 10.6. The van der Waals surface area contributed by atoms with Crippen LogP contribution in [0.25, 0.3) is 5.57 Å². The van der Waals surface area contributed by atoms with Gasteiger partial charge in [-0.2, -0.15) is 0 Å². The van der Waals surface area contributed by atoms with Crippen LogP contribution in [-0.4, -0.2) is 29.0 Å². The maximum atomic E-state index is 10.3. The summed E-state index contributed by atoms with van der Waals surface area (Å²) >= 11 is 0. The topological polar surface area (TPSA) is 55.8 Å². The number of nitrogens with zero attached hydrogens (tertiary/aromatic N) is 2. The molecule has 0 aromatic heterocycles. The number of aliphatic imine (C=N–C) groups is 1. The molecular weight excluding hydrogens is 228 g/mol. The van der Waals surface area contributed by atoms with Gasteiger partial charge in [-0.25, -0.2) is 4.99 Å². The number of hydrogen-bond donors (Lipinski definition) is 2. The molecule has 3 rings (SSSR count). The van der Waals surface area contributed by atoms with Gasteiger partial charge in [-0.1, -0.05) is 20.4 Å². The van der Waals surface area contributed by atoms with E-state index in [9.17, 15) is 10.2 Å². The van der Waals surface area contributed by atoms with E-state index in [2.05, 4.69) is 11.6 Å². The van der Waals surface area contributed by atoms with Crippen molar-refractivity contribution in [2.24, 2.45) is 10.9 Å². The highest BCUT2D eigenvalue weighted by atomic mass is 16.3. The monoisotopic (exact) mass is 244 g/mol. The highest BCUT2D eigenvalue weighted by Gasteiger charge is 2.32. The molecule has 2 aliphatic heterocycles. The molecule has 0 saturated carbocycles. The summed E-state index contributed by atoms with van der Waals surface area (Å²) in [6.45, 7) is 9.87. The second-order valence-electron chi connectivity index (χ2n) is 5.10. The van der Waals surface area contributed by atoms with Gasteiger partial charge in [0.05, 0.1) is 17.0 Å². The Hall–Kier alpha value is -1.97. The van der Waals surface area contributed by atoms with E-state index in [1.165, 1.54) is 0 Å². The zero-order valence-electron chi connectivity index (χ0n) is 10.6. The summed E-state index contributed by atoms with van der Waals surface area (Å²) in [4.78, 5) is 6.40. The fraction of sp³-hybridized carbons (Fsp3) is 0.357. The molecule has 4 nitrogen and oxygen atoms in total. The van der Waals surface area contributed by atoms with E-state index in [0.717, 1.165) is 24.4 Å². The second kappa shape index (κ2) is 3.51. The van der Waals surface area contributed by atoms with Crippen LogP contribution in [-0.2, 0) is 0 Å². The number of benzene rings is 1. The molecule has 1 aromatic carbocycles. The quantitative estimate of drug-likeness (QED) is 0.621. The lowest BCUT2D eigenvalue weighted by atomic mass is 9.96. The van der Waals surface area contributed by atoms with Gasteiger partial charge in [0.1, 0.15) is 17.2 Å². The number of rotatable bonds is 2. The fourth-order valence-corrected chi connectivity index (χ4v) is 2.36. The number of anilines is 1. The van der Waals surface area contributed by atoms with Crippen LogP contribution in [0.2, 0.25) is 0 Å². The van der Waals surface area contributed by atoms with E-state index in [-0.39, 0.29) is 17.4 Å². The Labute approximate surface area is 106 Å². The average molecular weight is 244 g/mol. The molecule has 2 aliphatic rings. The second-order valence-corrected chi connectivity index (χ2v) is 5.10. The van der Waals surface area contributed by atoms with Crippen LogP contribution in [0.4, 0.5) is 11.4 Å². The predicted octanol–water partition coefficient (Wildman–Crippen LogP) is 2.67. The summed E-state index contributed by atoms with van der Waals surface area (Å²) in [5.41, 5.74) is 3.26. The Morgan fingerprint density at radius 1 is 1.33 bits per heavy atom. The van der Waals surface area contributed by atoms with E-state index >= 15 is 0 Å². The fourth-order valence-electron chi connectivity index (χ4n) is 2.36. The zero-order chi connectivity index (χ0) is 13.0. The number of allylic oxidation sites excluding steroid dienone is 1. The van der Waals surface area contributed by atoms with Crippen molar-refractivity contribution in [3.05, 3.63) is 18.2 Å². The number of phenolic OH excluding ortho intramolecular Hbond substituents is 2. The number of hydrogen-bond acceptors (Lipinski definition) is 4. The van der Waals surface area contributed by atoms with Crippen molar-refractivity contribution in [3.63, 3.8) is 0 Å². The first-order chi connectivity index (χ1) is 8.50. The minimum absolute atomic E-state index is 0.113. The van der Waals surface area contributed by atoms with E-state index in [1.54, 1.807) is 6.07 Å². The lowest BCUT2D eigenvalue weighted by Gasteiger charge is -2.12. The molecule has 94 valence electrons. The maximum absolute atomic E-state index is 10.3. The number of phenols is 2. The predicted molar refractivity (Wildman–Crippen MR) is 73.0 cm³/mol. The highest BCUT2D eigenvalue weighted by molar-refractivity contribution is 6.30. The molecule has 2 N–H and O–H groups in total. The maximum Gasteiger partial charge on any atom is 0.149 e. The summed E-state index contributed by atoms with van der Waals surface area (Å²) in [5, 5.41) is 20.4. The molecule has 2 heterocycles. The van der Waals surface area contributed by atoms with Gasteiger partial charge in [-0.15, -0.1) is 0 Å². The largest absolute Gasteiger partial charge is 0.506 e. The lowest BCUT2D eigenvalue weighted by molar-refractivity contribution is 0.462. The third kappa shape index (κ3) is 1.41. The van der Waals surface area contributed by atoms with E-state index in [1.807, 2.05) is 18.7 Å². The van der Waals surface area contributed by atoms with E-state index < -0.39 is 0 Å². The molecule has 0 amide bonds.